The number of rotatable bonds is 5. The number of aromatic nitrogens is 2. The van der Waals surface area contributed by atoms with Crippen LogP contribution in [0.5, 0.6) is 0 Å². The molecule has 0 saturated heterocycles. The number of aryl methyl sites for hydroxylation is 1. The minimum absolute atomic E-state index is 0.0728. The molecular weight excluding hydrogens is 302 g/mol. The molecule has 1 heterocycles. The fourth-order valence-electron chi connectivity index (χ4n) is 1.99. The predicted molar refractivity (Wildman–Crippen MR) is 81.0 cm³/mol. The van der Waals surface area contributed by atoms with E-state index in [1.165, 1.54) is 11.1 Å². The Kier molecular flexibility index (Phi) is 5.05. The lowest BCUT2D eigenvalue weighted by molar-refractivity contribution is 0.582. The monoisotopic (exact) mass is 319 g/mol. The Balaban J connectivity index is 2.37. The zero-order valence-electron chi connectivity index (χ0n) is 11.2. The second-order valence-corrected chi connectivity index (χ2v) is 5.40. The van der Waals surface area contributed by atoms with E-state index in [1.54, 1.807) is 12.4 Å². The van der Waals surface area contributed by atoms with Crippen LogP contribution < -0.4 is 5.32 Å². The Labute approximate surface area is 122 Å². The van der Waals surface area contributed by atoms with Crippen LogP contribution in [-0.2, 0) is 0 Å². The van der Waals surface area contributed by atoms with E-state index in [4.69, 9.17) is 0 Å². The van der Waals surface area contributed by atoms with E-state index >= 15 is 0 Å². The van der Waals surface area contributed by atoms with Crippen LogP contribution in [0.15, 0.2) is 41.3 Å². The molecule has 2 rings (SSSR count). The highest BCUT2D eigenvalue weighted by molar-refractivity contribution is 9.10. The number of hydrogen-bond donors (Lipinski definition) is 1. The highest BCUT2D eigenvalue weighted by Gasteiger charge is 2.17. The van der Waals surface area contributed by atoms with Gasteiger partial charge in [0.15, 0.2) is 0 Å². The lowest BCUT2D eigenvalue weighted by atomic mass is 10.0. The SMILES string of the molecule is CCCNC(c1cnccn1)c1ccc(C)cc1Br. The van der Waals surface area contributed by atoms with Crippen LogP contribution in [0.1, 0.15) is 36.2 Å². The molecule has 19 heavy (non-hydrogen) atoms. The first-order valence-electron chi connectivity index (χ1n) is 6.47. The van der Waals surface area contributed by atoms with E-state index in [-0.39, 0.29) is 6.04 Å². The third kappa shape index (κ3) is 3.61. The molecule has 0 aliphatic rings. The molecule has 1 aromatic heterocycles. The quantitative estimate of drug-likeness (QED) is 0.914. The highest BCUT2D eigenvalue weighted by atomic mass is 79.9. The third-order valence-corrected chi connectivity index (χ3v) is 3.63. The molecule has 2 aromatic rings. The Morgan fingerprint density at radius 2 is 2.16 bits per heavy atom. The standard InChI is InChI=1S/C15H18BrN3/c1-3-6-19-15(14-10-17-7-8-18-14)12-5-4-11(2)9-13(12)16/h4-5,7-10,15,19H,3,6H2,1-2H3. The molecule has 4 heteroatoms. The van der Waals surface area contributed by atoms with Crippen LogP contribution in [0.25, 0.3) is 0 Å². The minimum atomic E-state index is 0.0728. The summed E-state index contributed by atoms with van der Waals surface area (Å²) in [5.74, 6) is 0. The first-order chi connectivity index (χ1) is 9.22. The van der Waals surface area contributed by atoms with E-state index in [2.05, 4.69) is 63.3 Å². The highest BCUT2D eigenvalue weighted by Crippen LogP contribution is 2.28. The molecule has 0 radical (unpaired) electrons. The number of nitrogens with zero attached hydrogens (tertiary/aromatic N) is 2. The average Bonchev–Trinajstić information content (AvgIpc) is 2.42. The second kappa shape index (κ2) is 6.78. The number of benzene rings is 1. The summed E-state index contributed by atoms with van der Waals surface area (Å²) in [6.45, 7) is 5.19. The molecule has 0 fully saturated rings. The van der Waals surface area contributed by atoms with Gasteiger partial charge in [-0.05, 0) is 37.1 Å². The third-order valence-electron chi connectivity index (χ3n) is 2.94. The molecule has 100 valence electrons. The summed E-state index contributed by atoms with van der Waals surface area (Å²) < 4.78 is 1.10. The predicted octanol–water partition coefficient (Wildman–Crippen LogP) is 3.64. The first-order valence-corrected chi connectivity index (χ1v) is 7.27. The van der Waals surface area contributed by atoms with Crippen molar-refractivity contribution in [2.45, 2.75) is 26.3 Å². The van der Waals surface area contributed by atoms with Gasteiger partial charge in [-0.1, -0.05) is 35.0 Å². The number of nitrogens with one attached hydrogen (secondary N) is 1. The smallest absolute Gasteiger partial charge is 0.0801 e. The van der Waals surface area contributed by atoms with Gasteiger partial charge >= 0.3 is 0 Å². The van der Waals surface area contributed by atoms with E-state index in [1.807, 2.05) is 6.20 Å². The maximum absolute atomic E-state index is 4.43. The van der Waals surface area contributed by atoms with Crippen LogP contribution in [0, 0.1) is 6.92 Å². The van der Waals surface area contributed by atoms with Crippen molar-refractivity contribution in [3.8, 4) is 0 Å². The van der Waals surface area contributed by atoms with E-state index in [9.17, 15) is 0 Å². The van der Waals surface area contributed by atoms with Crippen LogP contribution in [0.4, 0.5) is 0 Å². The second-order valence-electron chi connectivity index (χ2n) is 4.54. The lowest BCUT2D eigenvalue weighted by Crippen LogP contribution is -2.24. The average molecular weight is 320 g/mol. The van der Waals surface area contributed by atoms with Gasteiger partial charge in [-0.2, -0.15) is 0 Å². The van der Waals surface area contributed by atoms with Crippen LogP contribution in [0.3, 0.4) is 0 Å². The summed E-state index contributed by atoms with van der Waals surface area (Å²) >= 11 is 3.65. The molecule has 1 unspecified atom stereocenters. The number of halogens is 1. The van der Waals surface area contributed by atoms with Gasteiger partial charge < -0.3 is 5.32 Å². The van der Waals surface area contributed by atoms with Crippen molar-refractivity contribution >= 4 is 15.9 Å². The van der Waals surface area contributed by atoms with Gasteiger partial charge in [0.05, 0.1) is 17.9 Å². The molecule has 0 aliphatic carbocycles. The van der Waals surface area contributed by atoms with Gasteiger partial charge in [0.1, 0.15) is 0 Å². The minimum Gasteiger partial charge on any atom is -0.305 e. The van der Waals surface area contributed by atoms with Crippen molar-refractivity contribution in [2.24, 2.45) is 0 Å². The van der Waals surface area contributed by atoms with E-state index in [0.29, 0.717) is 0 Å². The van der Waals surface area contributed by atoms with E-state index < -0.39 is 0 Å². The van der Waals surface area contributed by atoms with Gasteiger partial charge in [0.25, 0.3) is 0 Å². The van der Waals surface area contributed by atoms with Crippen molar-refractivity contribution < 1.29 is 0 Å². The topological polar surface area (TPSA) is 37.8 Å². The Morgan fingerprint density at radius 1 is 1.32 bits per heavy atom. The van der Waals surface area contributed by atoms with Crippen molar-refractivity contribution in [3.05, 3.63) is 58.1 Å². The molecule has 0 aliphatic heterocycles. The Bertz CT molecular complexity index is 528. The normalized spacial score (nSPS) is 12.4. The Hall–Kier alpha value is -1.26. The maximum atomic E-state index is 4.43. The van der Waals surface area contributed by atoms with Gasteiger partial charge in [0, 0.05) is 16.9 Å². The molecule has 0 bridgehead atoms. The lowest BCUT2D eigenvalue weighted by Gasteiger charge is -2.19. The summed E-state index contributed by atoms with van der Waals surface area (Å²) in [5, 5.41) is 3.53. The van der Waals surface area contributed by atoms with Crippen LogP contribution in [0.2, 0.25) is 0 Å². The van der Waals surface area contributed by atoms with Gasteiger partial charge in [-0.25, -0.2) is 0 Å². The zero-order chi connectivity index (χ0) is 13.7. The van der Waals surface area contributed by atoms with Gasteiger partial charge in [0.2, 0.25) is 0 Å². The fraction of sp³-hybridized carbons (Fsp3) is 0.333. The number of hydrogen-bond acceptors (Lipinski definition) is 3. The Morgan fingerprint density at radius 3 is 2.79 bits per heavy atom. The summed E-state index contributed by atoms with van der Waals surface area (Å²) in [5.41, 5.74) is 3.38. The van der Waals surface area contributed by atoms with Crippen LogP contribution >= 0.6 is 15.9 Å². The fourth-order valence-corrected chi connectivity index (χ4v) is 2.71. The van der Waals surface area contributed by atoms with Crippen molar-refractivity contribution in [1.29, 1.82) is 0 Å². The molecule has 1 atom stereocenters. The summed E-state index contributed by atoms with van der Waals surface area (Å²) in [4.78, 5) is 8.59. The van der Waals surface area contributed by atoms with Crippen molar-refractivity contribution in [2.75, 3.05) is 6.54 Å². The molecular formula is C15H18BrN3. The summed E-state index contributed by atoms with van der Waals surface area (Å²) in [6.07, 6.45) is 6.34. The molecule has 0 amide bonds. The molecule has 1 aromatic carbocycles. The molecule has 3 nitrogen and oxygen atoms in total. The van der Waals surface area contributed by atoms with E-state index in [0.717, 1.165) is 23.1 Å². The summed E-state index contributed by atoms with van der Waals surface area (Å²) in [6, 6.07) is 6.47. The van der Waals surface area contributed by atoms with Gasteiger partial charge in [-0.3, -0.25) is 9.97 Å². The van der Waals surface area contributed by atoms with Crippen LogP contribution in [-0.4, -0.2) is 16.5 Å². The molecule has 0 saturated carbocycles. The molecule has 1 N–H and O–H groups in total. The molecule has 0 spiro atoms. The van der Waals surface area contributed by atoms with Crippen molar-refractivity contribution in [3.63, 3.8) is 0 Å². The summed E-state index contributed by atoms with van der Waals surface area (Å²) in [7, 11) is 0. The largest absolute Gasteiger partial charge is 0.305 e. The van der Waals surface area contributed by atoms with Gasteiger partial charge in [-0.15, -0.1) is 0 Å². The first kappa shape index (κ1) is 14.2. The zero-order valence-corrected chi connectivity index (χ0v) is 12.8. The maximum Gasteiger partial charge on any atom is 0.0801 e. The van der Waals surface area contributed by atoms with Crippen molar-refractivity contribution in [1.82, 2.24) is 15.3 Å².